The average molecular weight is 290 g/mol. The van der Waals surface area contributed by atoms with Crippen LogP contribution in [-0.2, 0) is 6.54 Å². The molecule has 2 aromatic heterocycles. The van der Waals surface area contributed by atoms with E-state index in [1.807, 2.05) is 5.38 Å². The van der Waals surface area contributed by atoms with Crippen molar-refractivity contribution in [2.75, 3.05) is 6.61 Å². The van der Waals surface area contributed by atoms with Crippen molar-refractivity contribution in [2.24, 2.45) is 0 Å². The van der Waals surface area contributed by atoms with Crippen LogP contribution in [0.15, 0.2) is 29.4 Å². The number of non-ortho nitro benzene ring substituents is 1. The predicted octanol–water partition coefficient (Wildman–Crippen LogP) is 2.06. The number of fused-ring (bicyclic) bond motifs is 1. The summed E-state index contributed by atoms with van der Waals surface area (Å²) in [7, 11) is 0. The minimum Gasteiger partial charge on any atom is -0.395 e. The van der Waals surface area contributed by atoms with Gasteiger partial charge >= 0.3 is 0 Å². The first-order valence-electron chi connectivity index (χ1n) is 5.83. The van der Waals surface area contributed by atoms with Crippen LogP contribution in [0.3, 0.4) is 0 Å². The summed E-state index contributed by atoms with van der Waals surface area (Å²) >= 11 is 1.42. The molecule has 1 aromatic carbocycles. The molecule has 102 valence electrons. The lowest BCUT2D eigenvalue weighted by Gasteiger charge is -2.03. The number of benzene rings is 1. The van der Waals surface area contributed by atoms with Crippen LogP contribution in [0.1, 0.15) is 0 Å². The Labute approximate surface area is 117 Å². The van der Waals surface area contributed by atoms with Crippen LogP contribution >= 0.6 is 11.3 Å². The number of aromatic nitrogens is 3. The van der Waals surface area contributed by atoms with Gasteiger partial charge in [-0.05, 0) is 0 Å². The number of hydrogen-bond acceptors (Lipinski definition) is 6. The van der Waals surface area contributed by atoms with Crippen LogP contribution in [0.4, 0.5) is 5.69 Å². The molecule has 20 heavy (non-hydrogen) atoms. The molecule has 3 aromatic rings. The van der Waals surface area contributed by atoms with Crippen molar-refractivity contribution >= 4 is 28.1 Å². The number of nitro groups is 1. The van der Waals surface area contributed by atoms with Crippen molar-refractivity contribution in [1.29, 1.82) is 0 Å². The van der Waals surface area contributed by atoms with Gasteiger partial charge in [-0.1, -0.05) is 0 Å². The molecule has 1 N–H and O–H groups in total. The molecule has 0 saturated carbocycles. The molecule has 0 aliphatic heterocycles. The van der Waals surface area contributed by atoms with Gasteiger partial charge in [-0.3, -0.25) is 10.1 Å². The summed E-state index contributed by atoms with van der Waals surface area (Å²) in [5.74, 6) is 0. The zero-order valence-corrected chi connectivity index (χ0v) is 11.1. The van der Waals surface area contributed by atoms with E-state index in [2.05, 4.69) is 9.97 Å². The fourth-order valence-electron chi connectivity index (χ4n) is 2.08. The van der Waals surface area contributed by atoms with Gasteiger partial charge in [0.2, 0.25) is 0 Å². The van der Waals surface area contributed by atoms with E-state index in [1.54, 1.807) is 16.4 Å². The summed E-state index contributed by atoms with van der Waals surface area (Å²) in [6.07, 6.45) is 1.57. The Bertz CT molecular complexity index is 766. The fraction of sp³-hybridized carbons (Fsp3) is 0.167. The smallest absolute Gasteiger partial charge is 0.272 e. The predicted molar refractivity (Wildman–Crippen MR) is 74.6 cm³/mol. The molecular weight excluding hydrogens is 280 g/mol. The van der Waals surface area contributed by atoms with Gasteiger partial charge in [0.25, 0.3) is 5.69 Å². The van der Waals surface area contributed by atoms with Gasteiger partial charge in [0.15, 0.2) is 0 Å². The molecule has 3 rings (SSSR count). The van der Waals surface area contributed by atoms with E-state index in [4.69, 9.17) is 5.11 Å². The highest BCUT2D eigenvalue weighted by molar-refractivity contribution is 7.07. The Hall–Kier alpha value is -2.32. The second-order valence-corrected chi connectivity index (χ2v) is 4.87. The number of hydrogen-bond donors (Lipinski definition) is 1. The van der Waals surface area contributed by atoms with Crippen molar-refractivity contribution in [3.05, 3.63) is 39.5 Å². The van der Waals surface area contributed by atoms with Gasteiger partial charge in [0, 0.05) is 29.6 Å². The lowest BCUT2D eigenvalue weighted by Crippen LogP contribution is -2.00. The molecule has 0 radical (unpaired) electrons. The number of aliphatic hydroxyl groups is 1. The molecule has 0 unspecified atom stereocenters. The lowest BCUT2D eigenvalue weighted by molar-refractivity contribution is -0.384. The van der Waals surface area contributed by atoms with E-state index in [0.29, 0.717) is 28.8 Å². The maximum atomic E-state index is 11.1. The minimum absolute atomic E-state index is 0.0137. The highest BCUT2D eigenvalue weighted by atomic mass is 32.1. The lowest BCUT2D eigenvalue weighted by atomic mass is 10.1. The second-order valence-electron chi connectivity index (χ2n) is 4.15. The van der Waals surface area contributed by atoms with E-state index in [9.17, 15) is 10.1 Å². The zero-order chi connectivity index (χ0) is 14.1. The van der Waals surface area contributed by atoms with Crippen LogP contribution in [0.25, 0.3) is 22.3 Å². The maximum absolute atomic E-state index is 11.1. The third-order valence-electron chi connectivity index (χ3n) is 2.97. The van der Waals surface area contributed by atoms with E-state index >= 15 is 0 Å². The zero-order valence-electron chi connectivity index (χ0n) is 10.3. The quantitative estimate of drug-likeness (QED) is 0.586. The maximum Gasteiger partial charge on any atom is 0.272 e. The summed E-state index contributed by atoms with van der Waals surface area (Å²) in [4.78, 5) is 19.1. The van der Waals surface area contributed by atoms with E-state index < -0.39 is 4.92 Å². The molecule has 2 heterocycles. The van der Waals surface area contributed by atoms with Gasteiger partial charge in [-0.2, -0.15) is 0 Å². The number of aliphatic hydroxyl groups excluding tert-OH is 1. The monoisotopic (exact) mass is 290 g/mol. The van der Waals surface area contributed by atoms with Crippen molar-refractivity contribution < 1.29 is 10.0 Å². The number of thiazole rings is 1. The largest absolute Gasteiger partial charge is 0.395 e. The Morgan fingerprint density at radius 1 is 1.40 bits per heavy atom. The normalized spacial score (nSPS) is 11.1. The fourth-order valence-corrected chi connectivity index (χ4v) is 2.63. The van der Waals surface area contributed by atoms with Gasteiger partial charge in [0.05, 0.1) is 40.1 Å². The average Bonchev–Trinajstić information content (AvgIpc) is 3.08. The standard InChI is InChI=1S/C12H10N4O3S/c17-2-1-15-6-13-12-9(10-5-20-7-14-10)3-8(16(18)19)4-11(12)15/h3-7,17H,1-2H2. The molecule has 0 aliphatic carbocycles. The molecule has 0 spiro atoms. The van der Waals surface area contributed by atoms with Gasteiger partial charge in [0.1, 0.15) is 0 Å². The molecular formula is C12H10N4O3S. The Balaban J connectivity index is 2.30. The van der Waals surface area contributed by atoms with Crippen molar-refractivity contribution in [2.45, 2.75) is 6.54 Å². The summed E-state index contributed by atoms with van der Waals surface area (Å²) in [6.45, 7) is 0.286. The molecule has 0 atom stereocenters. The van der Waals surface area contributed by atoms with Gasteiger partial charge < -0.3 is 9.67 Å². The molecule has 7 nitrogen and oxygen atoms in total. The number of nitrogens with zero attached hydrogens (tertiary/aromatic N) is 4. The molecule has 0 saturated heterocycles. The first-order valence-corrected chi connectivity index (χ1v) is 6.77. The van der Waals surface area contributed by atoms with Crippen LogP contribution in [0.5, 0.6) is 0 Å². The SMILES string of the molecule is O=[N+]([O-])c1cc(-c2cscn2)c2ncn(CCO)c2c1. The highest BCUT2D eigenvalue weighted by Crippen LogP contribution is 2.32. The summed E-state index contributed by atoms with van der Waals surface area (Å²) < 4.78 is 1.69. The Morgan fingerprint density at radius 2 is 2.25 bits per heavy atom. The topological polar surface area (TPSA) is 94.1 Å². The first-order chi connectivity index (χ1) is 9.70. The second kappa shape index (κ2) is 4.99. The third-order valence-corrected chi connectivity index (χ3v) is 3.56. The van der Waals surface area contributed by atoms with Crippen LogP contribution < -0.4 is 0 Å². The summed E-state index contributed by atoms with van der Waals surface area (Å²) in [5, 5.41) is 21.9. The van der Waals surface area contributed by atoms with Crippen molar-refractivity contribution in [1.82, 2.24) is 14.5 Å². The van der Waals surface area contributed by atoms with Crippen LogP contribution in [0, 0.1) is 10.1 Å². The van der Waals surface area contributed by atoms with Gasteiger partial charge in [-0.25, -0.2) is 9.97 Å². The molecule has 0 fully saturated rings. The summed E-state index contributed by atoms with van der Waals surface area (Å²) in [5.41, 5.74) is 4.22. The highest BCUT2D eigenvalue weighted by Gasteiger charge is 2.17. The van der Waals surface area contributed by atoms with E-state index in [0.717, 1.165) is 0 Å². The Kier molecular flexibility index (Phi) is 3.17. The molecule has 0 bridgehead atoms. The molecule has 8 heteroatoms. The first kappa shape index (κ1) is 12.7. The third kappa shape index (κ3) is 2.04. The van der Waals surface area contributed by atoms with E-state index in [1.165, 1.54) is 23.5 Å². The minimum atomic E-state index is -0.439. The number of rotatable bonds is 4. The van der Waals surface area contributed by atoms with Crippen molar-refractivity contribution in [3.8, 4) is 11.3 Å². The van der Waals surface area contributed by atoms with Crippen molar-refractivity contribution in [3.63, 3.8) is 0 Å². The van der Waals surface area contributed by atoms with Crippen LogP contribution in [0.2, 0.25) is 0 Å². The molecule has 0 amide bonds. The van der Waals surface area contributed by atoms with E-state index in [-0.39, 0.29) is 12.3 Å². The molecule has 0 aliphatic rings. The summed E-state index contributed by atoms with van der Waals surface area (Å²) in [6, 6.07) is 2.95. The van der Waals surface area contributed by atoms with Gasteiger partial charge in [-0.15, -0.1) is 11.3 Å². The number of imidazole rings is 1. The number of nitro benzene ring substituents is 1. The Morgan fingerprint density at radius 3 is 2.90 bits per heavy atom. The van der Waals surface area contributed by atoms with Crippen LogP contribution in [-0.4, -0.2) is 31.2 Å².